The number of halogens is 4. The van der Waals surface area contributed by atoms with E-state index in [1.807, 2.05) is 0 Å². The Kier molecular flexibility index (Phi) is 5.50. The van der Waals surface area contributed by atoms with Crippen LogP contribution in [0.25, 0.3) is 22.0 Å². The third-order valence-corrected chi connectivity index (χ3v) is 6.46. The molecule has 4 aromatic rings. The summed E-state index contributed by atoms with van der Waals surface area (Å²) in [6, 6.07) is 9.55. The van der Waals surface area contributed by atoms with Gasteiger partial charge in [-0.15, -0.1) is 0 Å². The molecule has 0 atom stereocenters. The van der Waals surface area contributed by atoms with Crippen LogP contribution >= 0.6 is 23.2 Å². The van der Waals surface area contributed by atoms with Crippen LogP contribution in [0.15, 0.2) is 53.6 Å². The van der Waals surface area contributed by atoms with Gasteiger partial charge >= 0.3 is 0 Å². The number of anilines is 1. The summed E-state index contributed by atoms with van der Waals surface area (Å²) >= 11 is 11.6. The molecule has 6 nitrogen and oxygen atoms in total. The molecule has 2 aromatic heterocycles. The molecule has 0 saturated heterocycles. The zero-order valence-corrected chi connectivity index (χ0v) is 18.0. The predicted octanol–water partition coefficient (Wildman–Crippen LogP) is 5.39. The molecule has 0 saturated carbocycles. The zero-order valence-electron chi connectivity index (χ0n) is 15.7. The SMILES string of the molecule is Cc1nc(NS(=O)(=O)c2ccccc2Cl)c(F)cc1-c1cc(F)c2nc(Cl)ncc2c1. The lowest BCUT2D eigenvalue weighted by atomic mass is 10.0. The highest BCUT2D eigenvalue weighted by Crippen LogP contribution is 2.31. The first-order chi connectivity index (χ1) is 14.7. The van der Waals surface area contributed by atoms with E-state index in [0.29, 0.717) is 10.9 Å². The van der Waals surface area contributed by atoms with Crippen LogP contribution in [0.3, 0.4) is 0 Å². The lowest BCUT2D eigenvalue weighted by Crippen LogP contribution is -2.16. The molecule has 4 rings (SSSR count). The Bertz CT molecular complexity index is 1450. The van der Waals surface area contributed by atoms with Crippen molar-refractivity contribution in [3.05, 3.63) is 76.3 Å². The van der Waals surface area contributed by atoms with Gasteiger partial charge in [0.1, 0.15) is 16.2 Å². The lowest BCUT2D eigenvalue weighted by molar-refractivity contribution is 0.597. The second-order valence-corrected chi connectivity index (χ2v) is 8.92. The summed E-state index contributed by atoms with van der Waals surface area (Å²) in [5.74, 6) is -2.11. The maximum absolute atomic E-state index is 14.8. The lowest BCUT2D eigenvalue weighted by Gasteiger charge is -2.13. The van der Waals surface area contributed by atoms with Gasteiger partial charge < -0.3 is 0 Å². The van der Waals surface area contributed by atoms with Crippen LogP contribution in [0, 0.1) is 18.6 Å². The first kappa shape index (κ1) is 21.4. The molecule has 0 aliphatic carbocycles. The number of aromatic nitrogens is 3. The highest BCUT2D eigenvalue weighted by atomic mass is 35.5. The van der Waals surface area contributed by atoms with E-state index in [1.165, 1.54) is 30.5 Å². The van der Waals surface area contributed by atoms with Crippen LogP contribution < -0.4 is 4.72 Å². The number of hydrogen-bond acceptors (Lipinski definition) is 5. The van der Waals surface area contributed by atoms with Crippen LogP contribution in [-0.2, 0) is 10.0 Å². The van der Waals surface area contributed by atoms with Crippen LogP contribution in [0.2, 0.25) is 10.3 Å². The summed E-state index contributed by atoms with van der Waals surface area (Å²) in [6.07, 6.45) is 1.35. The molecular formula is C20H12Cl2F2N4O2S. The Hall–Kier alpha value is -2.88. The zero-order chi connectivity index (χ0) is 22.3. The fourth-order valence-electron chi connectivity index (χ4n) is 3.03. The molecule has 2 heterocycles. The monoisotopic (exact) mass is 480 g/mol. The van der Waals surface area contributed by atoms with Crippen molar-refractivity contribution < 1.29 is 17.2 Å². The second kappa shape index (κ2) is 7.99. The van der Waals surface area contributed by atoms with Gasteiger partial charge in [0.05, 0.1) is 5.02 Å². The van der Waals surface area contributed by atoms with Crippen molar-refractivity contribution in [1.82, 2.24) is 15.0 Å². The van der Waals surface area contributed by atoms with Gasteiger partial charge in [-0.25, -0.2) is 32.2 Å². The molecule has 0 spiro atoms. The quantitative estimate of drug-likeness (QED) is 0.396. The molecule has 0 aliphatic rings. The second-order valence-electron chi connectivity index (χ2n) is 6.52. The third-order valence-electron chi connectivity index (χ3n) is 4.44. The van der Waals surface area contributed by atoms with Gasteiger partial charge in [-0.1, -0.05) is 23.7 Å². The first-order valence-corrected chi connectivity index (χ1v) is 11.0. The van der Waals surface area contributed by atoms with Crippen LogP contribution in [0.4, 0.5) is 14.6 Å². The number of nitrogens with one attached hydrogen (secondary N) is 1. The Balaban J connectivity index is 1.75. The van der Waals surface area contributed by atoms with Crippen molar-refractivity contribution in [2.45, 2.75) is 11.8 Å². The van der Waals surface area contributed by atoms with Crippen molar-refractivity contribution in [1.29, 1.82) is 0 Å². The molecule has 0 amide bonds. The van der Waals surface area contributed by atoms with E-state index in [0.717, 1.165) is 6.07 Å². The summed E-state index contributed by atoms with van der Waals surface area (Å²) in [7, 11) is -4.17. The summed E-state index contributed by atoms with van der Waals surface area (Å²) < 4.78 is 56.5. The van der Waals surface area contributed by atoms with Crippen molar-refractivity contribution in [3.8, 4) is 11.1 Å². The third kappa shape index (κ3) is 4.16. The molecular weight excluding hydrogens is 469 g/mol. The van der Waals surface area contributed by atoms with Crippen molar-refractivity contribution in [2.75, 3.05) is 4.72 Å². The highest BCUT2D eigenvalue weighted by Gasteiger charge is 2.21. The van der Waals surface area contributed by atoms with Crippen LogP contribution in [-0.4, -0.2) is 23.4 Å². The van der Waals surface area contributed by atoms with E-state index in [4.69, 9.17) is 23.2 Å². The van der Waals surface area contributed by atoms with E-state index in [2.05, 4.69) is 19.7 Å². The Labute approximate surface area is 185 Å². The smallest absolute Gasteiger partial charge is 0.261 e. The molecule has 1 N–H and O–H groups in total. The summed E-state index contributed by atoms with van der Waals surface area (Å²) in [4.78, 5) is 11.5. The topological polar surface area (TPSA) is 84.8 Å². The van der Waals surface area contributed by atoms with Gasteiger partial charge in [0.25, 0.3) is 10.0 Å². The number of nitrogens with zero attached hydrogens (tertiary/aromatic N) is 3. The van der Waals surface area contributed by atoms with Crippen LogP contribution in [0.5, 0.6) is 0 Å². The van der Waals surface area contributed by atoms with Crippen LogP contribution in [0.1, 0.15) is 5.69 Å². The number of hydrogen-bond donors (Lipinski definition) is 1. The molecule has 11 heteroatoms. The number of benzene rings is 2. The molecule has 31 heavy (non-hydrogen) atoms. The maximum atomic E-state index is 14.8. The normalized spacial score (nSPS) is 11.6. The molecule has 0 aliphatic heterocycles. The maximum Gasteiger partial charge on any atom is 0.264 e. The summed E-state index contributed by atoms with van der Waals surface area (Å²) in [6.45, 7) is 1.54. The number of rotatable bonds is 4. The van der Waals surface area contributed by atoms with Gasteiger partial charge in [-0.05, 0) is 54.4 Å². The van der Waals surface area contributed by atoms with Gasteiger partial charge in [0.15, 0.2) is 11.6 Å². The molecule has 0 bridgehead atoms. The fraction of sp³-hybridized carbons (Fsp3) is 0.0500. The van der Waals surface area contributed by atoms with Gasteiger partial charge in [-0.2, -0.15) is 0 Å². The largest absolute Gasteiger partial charge is 0.264 e. The summed E-state index contributed by atoms with van der Waals surface area (Å²) in [5.41, 5.74) is 0.889. The van der Waals surface area contributed by atoms with Gasteiger partial charge in [-0.3, -0.25) is 4.72 Å². The molecule has 0 unspecified atom stereocenters. The average Bonchev–Trinajstić information content (AvgIpc) is 2.71. The van der Waals surface area contributed by atoms with Crippen molar-refractivity contribution in [2.24, 2.45) is 0 Å². The number of fused-ring (bicyclic) bond motifs is 1. The van der Waals surface area contributed by atoms with E-state index < -0.39 is 27.5 Å². The molecule has 0 fully saturated rings. The fourth-order valence-corrected chi connectivity index (χ4v) is 4.69. The number of sulfonamides is 1. The minimum Gasteiger partial charge on any atom is -0.261 e. The van der Waals surface area contributed by atoms with E-state index >= 15 is 0 Å². The number of aryl methyl sites for hydroxylation is 1. The highest BCUT2D eigenvalue weighted by molar-refractivity contribution is 7.92. The predicted molar refractivity (Wildman–Crippen MR) is 115 cm³/mol. The minimum atomic E-state index is -4.17. The standard InChI is InChI=1S/C20H12Cl2F2N4O2S/c1-10-13(11-6-12-9-25-20(22)27-18(12)15(23)7-11)8-16(24)19(26-10)28-31(29,30)17-5-3-2-4-14(17)21/h2-9H,1H3,(H,26,28). The van der Waals surface area contributed by atoms with E-state index in [-0.39, 0.29) is 32.0 Å². The van der Waals surface area contributed by atoms with Gasteiger partial charge in [0, 0.05) is 22.8 Å². The van der Waals surface area contributed by atoms with Crippen molar-refractivity contribution in [3.63, 3.8) is 0 Å². The average molecular weight is 481 g/mol. The number of pyridine rings is 1. The van der Waals surface area contributed by atoms with Gasteiger partial charge in [0.2, 0.25) is 5.28 Å². The Morgan fingerprint density at radius 1 is 1.00 bits per heavy atom. The summed E-state index contributed by atoms with van der Waals surface area (Å²) in [5, 5.41) is 0.249. The van der Waals surface area contributed by atoms with E-state index in [9.17, 15) is 17.2 Å². The first-order valence-electron chi connectivity index (χ1n) is 8.72. The Morgan fingerprint density at radius 2 is 1.74 bits per heavy atom. The molecule has 2 aromatic carbocycles. The van der Waals surface area contributed by atoms with Crippen molar-refractivity contribution >= 4 is 49.9 Å². The Morgan fingerprint density at radius 3 is 2.48 bits per heavy atom. The molecule has 0 radical (unpaired) electrons. The van der Waals surface area contributed by atoms with E-state index in [1.54, 1.807) is 19.1 Å². The molecule has 158 valence electrons. The minimum absolute atomic E-state index is 0.0160.